The molecule has 0 bridgehead atoms. The molecule has 1 aromatic rings. The molecule has 84 valence electrons. The number of aromatic hydroxyl groups is 2. The Morgan fingerprint density at radius 1 is 1.47 bits per heavy atom. The standard InChI is InChI=1S/C10H14ClNO3/c1-12-4-3-6-5-7(13)9(14)10(15-2)8(6)11/h5,12-14H,3-4H2,1-2H3. The number of methoxy groups -OCH3 is 1. The molecule has 1 rings (SSSR count). The van der Waals surface area contributed by atoms with Crippen LogP contribution in [-0.4, -0.2) is 30.9 Å². The Bertz CT molecular complexity index is 355. The Kier molecular flexibility index (Phi) is 4.05. The number of ether oxygens (including phenoxy) is 1. The number of phenolic OH excluding ortho intramolecular Hbond substituents is 2. The van der Waals surface area contributed by atoms with E-state index in [0.29, 0.717) is 11.4 Å². The molecule has 0 amide bonds. The zero-order chi connectivity index (χ0) is 11.4. The number of halogens is 1. The minimum absolute atomic E-state index is 0.114. The van der Waals surface area contributed by atoms with Gasteiger partial charge >= 0.3 is 0 Å². The summed E-state index contributed by atoms with van der Waals surface area (Å²) < 4.78 is 4.91. The lowest BCUT2D eigenvalue weighted by Gasteiger charge is -2.11. The highest BCUT2D eigenvalue weighted by Crippen LogP contribution is 2.43. The van der Waals surface area contributed by atoms with Crippen molar-refractivity contribution in [1.82, 2.24) is 5.32 Å². The van der Waals surface area contributed by atoms with Crippen molar-refractivity contribution in [1.29, 1.82) is 0 Å². The number of rotatable bonds is 4. The molecular weight excluding hydrogens is 218 g/mol. The van der Waals surface area contributed by atoms with Crippen molar-refractivity contribution in [3.05, 3.63) is 16.7 Å². The molecule has 0 heterocycles. The average molecular weight is 232 g/mol. The molecule has 0 unspecified atom stereocenters. The molecule has 1 aromatic carbocycles. The normalized spacial score (nSPS) is 10.3. The van der Waals surface area contributed by atoms with Crippen LogP contribution < -0.4 is 10.1 Å². The second-order valence-corrected chi connectivity index (χ2v) is 3.48. The van der Waals surface area contributed by atoms with Crippen LogP contribution in [0.1, 0.15) is 5.56 Å². The summed E-state index contributed by atoms with van der Waals surface area (Å²) in [5, 5.41) is 22.2. The molecular formula is C10H14ClNO3. The molecule has 0 radical (unpaired) electrons. The maximum atomic E-state index is 9.45. The molecule has 15 heavy (non-hydrogen) atoms. The van der Waals surface area contributed by atoms with Crippen LogP contribution >= 0.6 is 11.6 Å². The van der Waals surface area contributed by atoms with Crippen LogP contribution in [-0.2, 0) is 6.42 Å². The third kappa shape index (κ3) is 2.46. The average Bonchev–Trinajstić information content (AvgIpc) is 2.22. The Labute approximate surface area is 93.4 Å². The van der Waals surface area contributed by atoms with E-state index in [-0.39, 0.29) is 17.2 Å². The monoisotopic (exact) mass is 231 g/mol. The lowest BCUT2D eigenvalue weighted by molar-refractivity contribution is 0.350. The van der Waals surface area contributed by atoms with Gasteiger partial charge in [0.2, 0.25) is 5.75 Å². The molecule has 5 heteroatoms. The SMILES string of the molecule is CNCCc1cc(O)c(O)c(OC)c1Cl. The van der Waals surface area contributed by atoms with E-state index in [1.165, 1.54) is 13.2 Å². The van der Waals surface area contributed by atoms with Crippen LogP contribution in [0.4, 0.5) is 0 Å². The van der Waals surface area contributed by atoms with Gasteiger partial charge in [0.25, 0.3) is 0 Å². The first kappa shape index (κ1) is 11.9. The van der Waals surface area contributed by atoms with Gasteiger partial charge in [-0.05, 0) is 31.6 Å². The fraction of sp³-hybridized carbons (Fsp3) is 0.400. The lowest BCUT2D eigenvalue weighted by atomic mass is 10.1. The topological polar surface area (TPSA) is 61.7 Å². The molecule has 0 aliphatic heterocycles. The summed E-state index contributed by atoms with van der Waals surface area (Å²) in [6, 6.07) is 1.44. The van der Waals surface area contributed by atoms with E-state index in [0.717, 1.165) is 12.1 Å². The van der Waals surface area contributed by atoms with E-state index < -0.39 is 0 Å². The fourth-order valence-electron chi connectivity index (χ4n) is 1.29. The highest BCUT2D eigenvalue weighted by Gasteiger charge is 2.16. The van der Waals surface area contributed by atoms with E-state index in [9.17, 15) is 10.2 Å². The van der Waals surface area contributed by atoms with Gasteiger partial charge in [0.15, 0.2) is 11.5 Å². The summed E-state index contributed by atoms with van der Waals surface area (Å²) in [6.45, 7) is 0.729. The third-order valence-corrected chi connectivity index (χ3v) is 2.51. The van der Waals surface area contributed by atoms with Crippen LogP contribution in [0.2, 0.25) is 5.02 Å². The highest BCUT2D eigenvalue weighted by atomic mass is 35.5. The molecule has 0 saturated heterocycles. The van der Waals surface area contributed by atoms with Gasteiger partial charge in [-0.25, -0.2) is 0 Å². The molecule has 0 atom stereocenters. The molecule has 0 fully saturated rings. The quantitative estimate of drug-likeness (QED) is 0.688. The van der Waals surface area contributed by atoms with Crippen molar-refractivity contribution >= 4 is 11.6 Å². The van der Waals surface area contributed by atoms with E-state index in [2.05, 4.69) is 5.32 Å². The highest BCUT2D eigenvalue weighted by molar-refractivity contribution is 6.33. The van der Waals surface area contributed by atoms with Crippen molar-refractivity contribution in [2.24, 2.45) is 0 Å². The van der Waals surface area contributed by atoms with Crippen molar-refractivity contribution in [3.8, 4) is 17.2 Å². The van der Waals surface area contributed by atoms with E-state index in [4.69, 9.17) is 16.3 Å². The largest absolute Gasteiger partial charge is 0.504 e. The zero-order valence-corrected chi connectivity index (χ0v) is 9.43. The van der Waals surface area contributed by atoms with Crippen LogP contribution in [0.5, 0.6) is 17.2 Å². The number of nitrogens with one attached hydrogen (secondary N) is 1. The molecule has 0 aliphatic rings. The fourth-order valence-corrected chi connectivity index (χ4v) is 1.61. The Balaban J connectivity index is 3.12. The minimum atomic E-state index is -0.323. The van der Waals surface area contributed by atoms with Crippen molar-refractivity contribution < 1.29 is 14.9 Å². The van der Waals surface area contributed by atoms with Gasteiger partial charge in [-0.1, -0.05) is 11.6 Å². The van der Waals surface area contributed by atoms with Gasteiger partial charge < -0.3 is 20.3 Å². The Morgan fingerprint density at radius 2 is 2.13 bits per heavy atom. The number of hydrogen-bond acceptors (Lipinski definition) is 4. The van der Waals surface area contributed by atoms with Gasteiger partial charge in [-0.2, -0.15) is 0 Å². The molecule has 4 nitrogen and oxygen atoms in total. The van der Waals surface area contributed by atoms with Crippen molar-refractivity contribution in [2.45, 2.75) is 6.42 Å². The van der Waals surface area contributed by atoms with Gasteiger partial charge in [0, 0.05) is 0 Å². The zero-order valence-electron chi connectivity index (χ0n) is 8.67. The first-order chi connectivity index (χ1) is 7.11. The van der Waals surface area contributed by atoms with Gasteiger partial charge in [0.05, 0.1) is 12.1 Å². The van der Waals surface area contributed by atoms with E-state index in [1.54, 1.807) is 0 Å². The number of benzene rings is 1. The summed E-state index contributed by atoms with van der Waals surface area (Å²) in [4.78, 5) is 0. The predicted molar refractivity (Wildman–Crippen MR) is 59.0 cm³/mol. The second-order valence-electron chi connectivity index (χ2n) is 3.10. The summed E-state index contributed by atoms with van der Waals surface area (Å²) in [7, 11) is 3.22. The first-order valence-electron chi connectivity index (χ1n) is 4.53. The third-order valence-electron chi connectivity index (χ3n) is 2.10. The number of hydrogen-bond donors (Lipinski definition) is 3. The summed E-state index contributed by atoms with van der Waals surface area (Å²) in [6.07, 6.45) is 0.652. The van der Waals surface area contributed by atoms with E-state index >= 15 is 0 Å². The first-order valence-corrected chi connectivity index (χ1v) is 4.91. The van der Waals surface area contributed by atoms with Crippen LogP contribution in [0, 0.1) is 0 Å². The predicted octanol–water partition coefficient (Wildman–Crippen LogP) is 1.52. The molecule has 3 N–H and O–H groups in total. The number of phenols is 2. The van der Waals surface area contributed by atoms with Crippen LogP contribution in [0.25, 0.3) is 0 Å². The van der Waals surface area contributed by atoms with Crippen molar-refractivity contribution in [3.63, 3.8) is 0 Å². The molecule has 0 saturated carbocycles. The minimum Gasteiger partial charge on any atom is -0.504 e. The second kappa shape index (κ2) is 5.09. The van der Waals surface area contributed by atoms with E-state index in [1.807, 2.05) is 7.05 Å². The molecule has 0 aromatic heterocycles. The van der Waals surface area contributed by atoms with Crippen LogP contribution in [0.3, 0.4) is 0 Å². The lowest BCUT2D eigenvalue weighted by Crippen LogP contribution is -2.10. The van der Waals surface area contributed by atoms with Crippen LogP contribution in [0.15, 0.2) is 6.07 Å². The summed E-state index contributed by atoms with van der Waals surface area (Å²) >= 11 is 6.00. The van der Waals surface area contributed by atoms with Gasteiger partial charge in [0.1, 0.15) is 0 Å². The molecule has 0 aliphatic carbocycles. The smallest absolute Gasteiger partial charge is 0.202 e. The molecule has 0 spiro atoms. The maximum Gasteiger partial charge on any atom is 0.202 e. The van der Waals surface area contributed by atoms with Gasteiger partial charge in [-0.15, -0.1) is 0 Å². The van der Waals surface area contributed by atoms with Crippen molar-refractivity contribution in [2.75, 3.05) is 20.7 Å². The summed E-state index contributed by atoms with van der Waals surface area (Å²) in [5.41, 5.74) is 0.734. The Hall–Kier alpha value is -1.13. The number of likely N-dealkylation sites (N-methyl/N-ethyl adjacent to an activating group) is 1. The van der Waals surface area contributed by atoms with Gasteiger partial charge in [-0.3, -0.25) is 0 Å². The maximum absolute atomic E-state index is 9.45. The summed E-state index contributed by atoms with van der Waals surface area (Å²) in [5.74, 6) is -0.430. The Morgan fingerprint density at radius 3 is 2.67 bits per heavy atom.